The van der Waals surface area contributed by atoms with Gasteiger partial charge in [-0.1, -0.05) is 97.9 Å². The highest BCUT2D eigenvalue weighted by atomic mass is 16.6. The van der Waals surface area contributed by atoms with Crippen LogP contribution in [0.15, 0.2) is 177 Å². The molecule has 676 valence electrons. The second-order valence-corrected chi connectivity index (χ2v) is 35.0. The highest BCUT2D eigenvalue weighted by Crippen LogP contribution is 2.62. The molecule has 24 nitrogen and oxygen atoms in total. The molecule has 11 saturated carbocycles. The molecule has 0 aromatic heterocycles. The van der Waals surface area contributed by atoms with E-state index in [0.29, 0.717) is 90.0 Å². The number of allylic oxidation sites excluding steroid dienone is 5. The number of nitriles is 2. The normalized spacial score (nSPS) is 36.7. The fourth-order valence-electron chi connectivity index (χ4n) is 22.1. The Morgan fingerprint density at radius 1 is 0.623 bits per heavy atom. The second-order valence-electron chi connectivity index (χ2n) is 35.0. The largest absolute Gasteiger partial charge is 0.505 e. The van der Waals surface area contributed by atoms with Gasteiger partial charge in [0.2, 0.25) is 0 Å². The number of carbonyl (C=O) groups excluding carboxylic acids is 4. The van der Waals surface area contributed by atoms with Crippen molar-refractivity contribution in [3.8, 4) is 12.1 Å². The minimum absolute atomic E-state index is 0.00679. The van der Waals surface area contributed by atoms with Crippen LogP contribution in [0.4, 0.5) is 0 Å². The van der Waals surface area contributed by atoms with Crippen molar-refractivity contribution in [2.75, 3.05) is 60.0 Å². The Morgan fingerprint density at radius 3 is 1.75 bits per heavy atom. The maximum Gasteiger partial charge on any atom is 0.312 e. The predicted molar refractivity (Wildman–Crippen MR) is 463 cm³/mol. The monoisotopic (exact) mass is 1700 g/mol. The first kappa shape index (κ1) is 100.0. The van der Waals surface area contributed by atoms with E-state index in [-0.39, 0.29) is 101 Å². The molecule has 12 aliphatic carbocycles. The Balaban J connectivity index is 0.000000185. The Labute approximate surface area is 727 Å². The van der Waals surface area contributed by atoms with Gasteiger partial charge < -0.3 is 85.6 Å². The third-order valence-electron chi connectivity index (χ3n) is 26.6. The molecule has 9 heterocycles. The van der Waals surface area contributed by atoms with Crippen molar-refractivity contribution in [1.82, 2.24) is 0 Å². The Kier molecular flexibility index (Phi) is 41.5. The Bertz CT molecular complexity index is 3500. The van der Waals surface area contributed by atoms with E-state index in [4.69, 9.17) is 81.6 Å². The summed E-state index contributed by atoms with van der Waals surface area (Å²) in [6, 6.07) is 3.53. The number of cyclic esters (lactones) is 2. The highest BCUT2D eigenvalue weighted by molar-refractivity contribution is 5.78. The number of nitrogens with zero attached hydrogens (tertiary/aromatic N) is 2. The number of methoxy groups -OCH3 is 1. The van der Waals surface area contributed by atoms with Gasteiger partial charge >= 0.3 is 23.9 Å². The lowest BCUT2D eigenvalue weighted by Gasteiger charge is -2.59. The molecule has 21 rings (SSSR count). The van der Waals surface area contributed by atoms with Gasteiger partial charge in [0.05, 0.1) is 176 Å². The summed E-state index contributed by atoms with van der Waals surface area (Å²) in [5.41, 5.74) is 0.862. The van der Waals surface area contributed by atoms with Gasteiger partial charge in [0, 0.05) is 65.6 Å². The molecule has 0 radical (unpaired) electrons. The van der Waals surface area contributed by atoms with E-state index in [9.17, 15) is 24.3 Å². The van der Waals surface area contributed by atoms with Gasteiger partial charge in [-0.15, -0.1) is 0 Å². The van der Waals surface area contributed by atoms with Crippen LogP contribution < -0.4 is 0 Å². The van der Waals surface area contributed by atoms with Gasteiger partial charge in [-0.2, -0.15) is 10.5 Å². The van der Waals surface area contributed by atoms with Crippen molar-refractivity contribution in [3.05, 3.63) is 177 Å². The average Bonchev–Trinajstić information content (AvgIpc) is 0.820. The van der Waals surface area contributed by atoms with E-state index in [1.54, 1.807) is 45.2 Å². The third-order valence-corrected chi connectivity index (χ3v) is 26.6. The van der Waals surface area contributed by atoms with Gasteiger partial charge in [0.25, 0.3) is 0 Å². The number of aliphatic hydroxyl groups is 1. The summed E-state index contributed by atoms with van der Waals surface area (Å²) in [5, 5.41) is 25.7. The summed E-state index contributed by atoms with van der Waals surface area (Å²) >= 11 is 0. The lowest BCUT2D eigenvalue weighted by molar-refractivity contribution is -0.201. The van der Waals surface area contributed by atoms with E-state index in [0.717, 1.165) is 141 Å². The predicted octanol–water partition coefficient (Wildman–Crippen LogP) is 18.2. The number of hydrogen-bond acceptors (Lipinski definition) is 24. The smallest absolute Gasteiger partial charge is 0.312 e. The van der Waals surface area contributed by atoms with Crippen LogP contribution in [0.25, 0.3) is 0 Å². The molecule has 1 N–H and O–H groups in total. The third kappa shape index (κ3) is 27.4. The zero-order valence-corrected chi connectivity index (χ0v) is 73.6. The molecular formula is C98H142N2O22. The van der Waals surface area contributed by atoms with Crippen molar-refractivity contribution in [2.45, 2.75) is 248 Å². The molecule has 24 unspecified atom stereocenters. The summed E-state index contributed by atoms with van der Waals surface area (Å²) < 4.78 is 87.4. The quantitative estimate of drug-likeness (QED) is 0.0314. The molecule has 18 fully saturated rings. The summed E-state index contributed by atoms with van der Waals surface area (Å²) in [4.78, 5) is 45.2. The fourth-order valence-corrected chi connectivity index (χ4v) is 22.1. The zero-order chi connectivity index (χ0) is 88.8. The van der Waals surface area contributed by atoms with E-state index in [2.05, 4.69) is 101 Å². The first-order valence-electron chi connectivity index (χ1n) is 44.0. The van der Waals surface area contributed by atoms with Gasteiger partial charge in [0.1, 0.15) is 36.1 Å². The van der Waals surface area contributed by atoms with Crippen molar-refractivity contribution in [3.63, 3.8) is 0 Å². The summed E-state index contributed by atoms with van der Waals surface area (Å²) in [7, 11) is 1.56. The molecule has 9 aliphatic heterocycles. The number of hydrogen-bond donors (Lipinski definition) is 1. The second kappa shape index (κ2) is 50.6. The van der Waals surface area contributed by atoms with Crippen molar-refractivity contribution >= 4 is 23.9 Å². The van der Waals surface area contributed by atoms with Crippen LogP contribution in [0, 0.1) is 116 Å². The van der Waals surface area contributed by atoms with Crippen LogP contribution >= 0.6 is 0 Å². The maximum absolute atomic E-state index is 11.4. The van der Waals surface area contributed by atoms with Crippen molar-refractivity contribution in [1.29, 1.82) is 10.5 Å². The molecular weight excluding hydrogens is 1560 g/mol. The minimum Gasteiger partial charge on any atom is -0.505 e. The van der Waals surface area contributed by atoms with Crippen LogP contribution in [0.2, 0.25) is 0 Å². The molecule has 0 aromatic rings. The van der Waals surface area contributed by atoms with Crippen molar-refractivity contribution in [2.24, 2.45) is 93.7 Å². The zero-order valence-electron chi connectivity index (χ0n) is 73.6. The number of carbonyl (C=O) groups is 4. The van der Waals surface area contributed by atoms with Gasteiger partial charge in [0.15, 0.2) is 12.2 Å². The van der Waals surface area contributed by atoms with Gasteiger partial charge in [-0.3, -0.25) is 19.2 Å². The summed E-state index contributed by atoms with van der Waals surface area (Å²) in [5.74, 6) is 7.01. The van der Waals surface area contributed by atoms with E-state index in [1.807, 2.05) is 39.0 Å². The lowest BCUT2D eigenvalue weighted by atomic mass is 9.52. The van der Waals surface area contributed by atoms with Crippen LogP contribution in [0.1, 0.15) is 182 Å². The van der Waals surface area contributed by atoms with E-state index >= 15 is 0 Å². The van der Waals surface area contributed by atoms with E-state index in [1.165, 1.54) is 101 Å². The number of esters is 4. The summed E-state index contributed by atoms with van der Waals surface area (Å²) in [6.45, 7) is 54.0. The number of fused-ring (bicyclic) bond motifs is 13. The lowest BCUT2D eigenvalue weighted by Crippen LogP contribution is -2.59. The van der Waals surface area contributed by atoms with Crippen LogP contribution in [0.3, 0.4) is 0 Å². The molecule has 122 heavy (non-hydrogen) atoms. The van der Waals surface area contributed by atoms with Gasteiger partial charge in [-0.25, -0.2) is 0 Å². The molecule has 0 aromatic carbocycles. The molecule has 14 bridgehead atoms. The molecule has 24 heteroatoms. The first-order chi connectivity index (χ1) is 58.9. The fraction of sp³-hybridized carbons (Fsp3) is 0.653. The molecule has 7 saturated heterocycles. The first-order valence-corrected chi connectivity index (χ1v) is 44.0. The van der Waals surface area contributed by atoms with Crippen LogP contribution in [-0.4, -0.2) is 155 Å². The maximum atomic E-state index is 11.4. The SMILES string of the molecule is C1=CC2CC1CC21CCOC1.C1=COCC1.C1=COCCC1.C=C(C)C#N.C=CC#N.C=COC.C=COC(C)C.C=COC12CC3CC(CC(O)(C3)C1)C2.C=COC1C2CC3C(=O)OC1C3C2.C=COC1C2CC3C(=O)OC1C3O2.C=COC1CC2CC1C1COC(=O)C21.C=COC1CC2CC1CC21COC(=O)C1.C=COCC.C=COCCCC. The topological polar surface area (TPSA) is 293 Å². The average molecular weight is 1700 g/mol. The van der Waals surface area contributed by atoms with Gasteiger partial charge in [-0.05, 0) is 203 Å². The summed E-state index contributed by atoms with van der Waals surface area (Å²) in [6.07, 6.45) is 52.8. The van der Waals surface area contributed by atoms with Crippen LogP contribution in [0.5, 0.6) is 0 Å². The number of rotatable bonds is 19. The minimum atomic E-state index is -0.410. The van der Waals surface area contributed by atoms with Crippen molar-refractivity contribution < 1.29 is 105 Å². The molecule has 24 atom stereocenters. The molecule has 0 amide bonds. The number of ether oxygens (including phenoxy) is 17. The highest BCUT2D eigenvalue weighted by Gasteiger charge is 2.66. The standard InChI is InChI=1S/C12H16O3.C12H18O2.C11H14O3.C10H12O3.C10H14O.C9H10O4.C6H12O.C5H8O.C5H10O.C4H5N.C4H6O.C4H8O.C3H3N.C3H6O/c1-2-14-10-4-9-3-8(10)5-12(9)6-11(13)15-7-12;1-2-14-12-6-9-3-10(7-12)5-11(13,4-9)8-12;1-2-13-9-4-6-3-7(9)8-5-14-11(12)10(6)8;1-2-12-8-5-3-6-7(4-5)10(11)13-9(6)8;1-2-9-5-8(1)6-10(9)3-4-11-7-10;1-2-11-7-5-3-4-6(12-5)8(7)13-9(4)10;1-3-5-6-7-4-2;1-2-4-6-5-3-1;1-4-6-5(2)3;1-4(2)3-5;1-2-4-5-3-1;1-3-5-4-2;1-2-3-4;1-3-4-2/h2,8-10H,1,3-7H2;2,9-10,13H,1,3-8H2;2,6-10H,1,3-5H2;2,5-9H,1,3-4H2;1-2,8-9H,3-7H2;2,4-8H,1,3H2;4H,2-3,5-6H2,1H3;2,4H,1,3,5H2;4-5H,1H2,2-3H3;1H2,2H3;1,3H,2,4H2;3H,1,4H2,2H3;2H,1H2;3H,1H2,2H3. The Hall–Kier alpha value is -9.10. The molecule has 21 aliphatic rings. The van der Waals surface area contributed by atoms with Crippen LogP contribution in [-0.2, 0) is 99.7 Å². The Morgan fingerprint density at radius 2 is 1.28 bits per heavy atom. The van der Waals surface area contributed by atoms with E-state index < -0.39 is 5.60 Å². The number of unbranched alkanes of at least 4 members (excludes halogenated alkanes) is 1. The molecule has 2 spiro atoms.